The van der Waals surface area contributed by atoms with Crippen molar-refractivity contribution in [3.8, 4) is 0 Å². The maximum absolute atomic E-state index is 12.3. The molecular formula is C28H47N5O3Si. The van der Waals surface area contributed by atoms with Crippen molar-refractivity contribution in [1.82, 2.24) is 14.8 Å². The van der Waals surface area contributed by atoms with Crippen molar-refractivity contribution in [2.75, 3.05) is 11.9 Å². The van der Waals surface area contributed by atoms with Gasteiger partial charge in [0.05, 0.1) is 17.3 Å². The zero-order valence-electron chi connectivity index (χ0n) is 24.2. The van der Waals surface area contributed by atoms with Crippen LogP contribution >= 0.6 is 0 Å². The van der Waals surface area contributed by atoms with Gasteiger partial charge >= 0.3 is 6.03 Å². The van der Waals surface area contributed by atoms with Gasteiger partial charge in [0.25, 0.3) is 0 Å². The van der Waals surface area contributed by atoms with Gasteiger partial charge in [-0.15, -0.1) is 0 Å². The summed E-state index contributed by atoms with van der Waals surface area (Å²) in [5.41, 5.74) is 5.72. The van der Waals surface area contributed by atoms with Gasteiger partial charge in [0.15, 0.2) is 8.24 Å². The van der Waals surface area contributed by atoms with Crippen LogP contribution in [0.15, 0.2) is 42.7 Å². The van der Waals surface area contributed by atoms with Gasteiger partial charge in [-0.05, 0) is 57.7 Å². The van der Waals surface area contributed by atoms with Crippen molar-refractivity contribution in [3.63, 3.8) is 0 Å². The zero-order valence-corrected chi connectivity index (χ0v) is 25.2. The molecule has 2 saturated heterocycles. The van der Waals surface area contributed by atoms with Crippen LogP contribution in [-0.4, -0.2) is 53.2 Å². The molecule has 2 aliphatic rings. The molecule has 2 heterocycles. The van der Waals surface area contributed by atoms with Gasteiger partial charge < -0.3 is 20.9 Å². The number of nitrogens with one attached hydrogen (secondary N) is 2. The van der Waals surface area contributed by atoms with E-state index in [1.807, 2.05) is 32.0 Å². The van der Waals surface area contributed by atoms with Gasteiger partial charge in [0.1, 0.15) is 0 Å². The SMILES string of the molecule is C=C(N)NCCCC1C(=O)N(C(=O)Nc2ccccc2)C1(C)C.CC1(C)CC(=O)N1[Si](C)(C)C(C)(C)C. The number of urea groups is 1. The zero-order chi connectivity index (χ0) is 28.4. The number of para-hydroxylation sites is 1. The van der Waals surface area contributed by atoms with E-state index in [1.54, 1.807) is 12.1 Å². The number of hydrogen-bond acceptors (Lipinski definition) is 5. The van der Waals surface area contributed by atoms with Crippen LogP contribution in [0, 0.1) is 5.92 Å². The number of carbonyl (C=O) groups is 3. The molecule has 2 aliphatic heterocycles. The number of amides is 4. The van der Waals surface area contributed by atoms with Gasteiger partial charge in [-0.1, -0.05) is 58.6 Å². The van der Waals surface area contributed by atoms with Crippen molar-refractivity contribution in [3.05, 3.63) is 42.7 Å². The number of nitrogens with two attached hydrogens (primary N) is 1. The second-order valence-electron chi connectivity index (χ2n) is 12.8. The number of hydrogen-bond donors (Lipinski definition) is 3. The van der Waals surface area contributed by atoms with Crippen LogP contribution < -0.4 is 16.4 Å². The molecule has 0 spiro atoms. The molecule has 3 rings (SSSR count). The molecule has 37 heavy (non-hydrogen) atoms. The van der Waals surface area contributed by atoms with Crippen LogP contribution in [0.25, 0.3) is 0 Å². The highest BCUT2D eigenvalue weighted by molar-refractivity contribution is 6.80. The fourth-order valence-electron chi connectivity index (χ4n) is 5.10. The van der Waals surface area contributed by atoms with E-state index in [0.717, 1.165) is 12.8 Å². The number of β-lactam (4-membered cyclic amide) rings is 2. The Hall–Kier alpha value is -2.81. The molecule has 1 aromatic rings. The summed E-state index contributed by atoms with van der Waals surface area (Å²) in [6.45, 7) is 23.8. The molecule has 0 bridgehead atoms. The van der Waals surface area contributed by atoms with E-state index < -0.39 is 13.8 Å². The summed E-state index contributed by atoms with van der Waals surface area (Å²) in [5, 5.41) is 5.95. The van der Waals surface area contributed by atoms with E-state index in [1.165, 1.54) is 4.90 Å². The van der Waals surface area contributed by atoms with Gasteiger partial charge in [-0.25, -0.2) is 4.79 Å². The fraction of sp³-hybridized carbons (Fsp3) is 0.607. The number of nitrogens with zero attached hydrogens (tertiary/aromatic N) is 2. The highest BCUT2D eigenvalue weighted by Gasteiger charge is 2.56. The van der Waals surface area contributed by atoms with Crippen LogP contribution in [-0.2, 0) is 9.59 Å². The summed E-state index contributed by atoms with van der Waals surface area (Å²) in [6, 6.07) is 8.74. The third kappa shape index (κ3) is 6.55. The Kier molecular flexibility index (Phi) is 8.95. The van der Waals surface area contributed by atoms with E-state index in [2.05, 4.69) is 69.5 Å². The van der Waals surface area contributed by atoms with Crippen LogP contribution in [0.4, 0.5) is 10.5 Å². The fourth-order valence-corrected chi connectivity index (χ4v) is 8.07. The maximum Gasteiger partial charge on any atom is 0.329 e. The van der Waals surface area contributed by atoms with Gasteiger partial charge in [-0.2, -0.15) is 0 Å². The minimum atomic E-state index is -1.64. The number of anilines is 1. The molecule has 2 fully saturated rings. The summed E-state index contributed by atoms with van der Waals surface area (Å²) in [6.07, 6.45) is 2.23. The van der Waals surface area contributed by atoms with Crippen molar-refractivity contribution < 1.29 is 14.4 Å². The molecule has 8 nitrogen and oxygen atoms in total. The summed E-state index contributed by atoms with van der Waals surface area (Å²) >= 11 is 0. The summed E-state index contributed by atoms with van der Waals surface area (Å²) in [5.74, 6) is 0.488. The smallest absolute Gasteiger partial charge is 0.329 e. The lowest BCUT2D eigenvalue weighted by Crippen LogP contribution is -2.72. The molecule has 1 unspecified atom stereocenters. The standard InChI is InChI=1S/C17H24N4O2.C11H23NOSi/c1-12(18)19-11-7-10-14-15(22)21(17(14,2)3)16(23)20-13-8-5-4-6-9-13;1-10(2,3)14(6,7)12-9(13)8-11(12,4)5/h4-6,8-9,14,19H,1,7,10-11,18H2,2-3H3,(H,20,23);8H2,1-7H3. The van der Waals surface area contributed by atoms with E-state index >= 15 is 0 Å². The lowest BCUT2D eigenvalue weighted by molar-refractivity contribution is -0.158. The molecule has 4 amide bonds. The summed E-state index contributed by atoms with van der Waals surface area (Å²) in [7, 11) is -1.64. The number of imide groups is 1. The Morgan fingerprint density at radius 1 is 1.14 bits per heavy atom. The lowest BCUT2D eigenvalue weighted by atomic mass is 9.73. The molecular weight excluding hydrogens is 482 g/mol. The predicted molar refractivity (Wildman–Crippen MR) is 153 cm³/mol. The van der Waals surface area contributed by atoms with E-state index in [9.17, 15) is 14.4 Å². The van der Waals surface area contributed by atoms with E-state index in [0.29, 0.717) is 30.4 Å². The normalized spacial score (nSPS) is 20.2. The van der Waals surface area contributed by atoms with Crippen LogP contribution in [0.1, 0.15) is 67.7 Å². The predicted octanol–water partition coefficient (Wildman–Crippen LogP) is 5.26. The van der Waals surface area contributed by atoms with Gasteiger partial charge in [0, 0.05) is 24.2 Å². The largest absolute Gasteiger partial charge is 0.386 e. The molecule has 0 aromatic heterocycles. The average Bonchev–Trinajstić information content (AvgIpc) is 2.72. The Labute approximate surface area is 224 Å². The minimum Gasteiger partial charge on any atom is -0.386 e. The highest BCUT2D eigenvalue weighted by atomic mass is 28.3. The van der Waals surface area contributed by atoms with Crippen molar-refractivity contribution >= 4 is 31.8 Å². The first kappa shape index (κ1) is 30.4. The van der Waals surface area contributed by atoms with E-state index in [-0.39, 0.29) is 28.4 Å². The number of rotatable bonds is 7. The molecule has 4 N–H and O–H groups in total. The first-order valence-corrected chi connectivity index (χ1v) is 16.0. The Morgan fingerprint density at radius 3 is 2.11 bits per heavy atom. The third-order valence-electron chi connectivity index (χ3n) is 8.03. The summed E-state index contributed by atoms with van der Waals surface area (Å²) < 4.78 is 2.18. The first-order valence-electron chi connectivity index (χ1n) is 13.1. The van der Waals surface area contributed by atoms with Gasteiger partial charge in [0.2, 0.25) is 11.8 Å². The van der Waals surface area contributed by atoms with E-state index in [4.69, 9.17) is 5.73 Å². The van der Waals surface area contributed by atoms with Crippen LogP contribution in [0.2, 0.25) is 18.1 Å². The maximum atomic E-state index is 12.3. The molecule has 0 radical (unpaired) electrons. The number of carbonyl (C=O) groups excluding carboxylic acids is 3. The molecule has 0 aliphatic carbocycles. The van der Waals surface area contributed by atoms with Crippen molar-refractivity contribution in [2.24, 2.45) is 11.7 Å². The topological polar surface area (TPSA) is 108 Å². The number of likely N-dealkylation sites (tertiary alicyclic amines) is 1. The summed E-state index contributed by atoms with van der Waals surface area (Å²) in [4.78, 5) is 37.7. The van der Waals surface area contributed by atoms with Crippen molar-refractivity contribution in [2.45, 2.75) is 96.9 Å². The molecule has 1 aromatic carbocycles. The third-order valence-corrected chi connectivity index (χ3v) is 13.7. The van der Waals surface area contributed by atoms with Crippen molar-refractivity contribution in [1.29, 1.82) is 0 Å². The molecule has 9 heteroatoms. The Balaban J connectivity index is 0.000000294. The minimum absolute atomic E-state index is 0.0973. The molecule has 0 saturated carbocycles. The molecule has 206 valence electrons. The first-order chi connectivity index (χ1) is 16.8. The monoisotopic (exact) mass is 529 g/mol. The average molecular weight is 530 g/mol. The van der Waals surface area contributed by atoms with Crippen LogP contribution in [0.5, 0.6) is 0 Å². The quantitative estimate of drug-likeness (QED) is 0.254. The van der Waals surface area contributed by atoms with Crippen LogP contribution in [0.3, 0.4) is 0 Å². The van der Waals surface area contributed by atoms with Gasteiger partial charge in [-0.3, -0.25) is 14.5 Å². The highest BCUT2D eigenvalue weighted by Crippen LogP contribution is 2.46. The Bertz CT molecular complexity index is 1010. The molecule has 1 atom stereocenters. The second-order valence-corrected chi connectivity index (χ2v) is 17.9. The Morgan fingerprint density at radius 2 is 1.70 bits per heavy atom. The number of benzene rings is 1. The lowest BCUT2D eigenvalue weighted by Gasteiger charge is -2.59. The second kappa shape index (κ2) is 10.9.